The van der Waals surface area contributed by atoms with E-state index in [0.717, 1.165) is 29.7 Å². The van der Waals surface area contributed by atoms with Crippen molar-refractivity contribution in [2.24, 2.45) is 5.73 Å². The smallest absolute Gasteiger partial charge is 0.257 e. The lowest BCUT2D eigenvalue weighted by Crippen LogP contribution is -2.50. The van der Waals surface area contributed by atoms with Gasteiger partial charge in [0.2, 0.25) is 0 Å². The van der Waals surface area contributed by atoms with Gasteiger partial charge >= 0.3 is 0 Å². The molecule has 2 aliphatic rings. The van der Waals surface area contributed by atoms with Crippen LogP contribution in [0.5, 0.6) is 0 Å². The fourth-order valence-electron chi connectivity index (χ4n) is 4.73. The molecule has 1 spiro atoms. The first-order chi connectivity index (χ1) is 13.1. The van der Waals surface area contributed by atoms with E-state index in [1.54, 1.807) is 6.20 Å². The molecule has 0 bridgehead atoms. The molecule has 1 aromatic carbocycles. The number of nitrogens with two attached hydrogens (primary N) is 1. The zero-order valence-electron chi connectivity index (χ0n) is 15.6. The highest BCUT2D eigenvalue weighted by atomic mass is 16.3. The molecule has 2 heterocycles. The number of nitrogens with zero attached hydrogens (tertiary/aromatic N) is 3. The van der Waals surface area contributed by atoms with Crippen LogP contribution >= 0.6 is 0 Å². The summed E-state index contributed by atoms with van der Waals surface area (Å²) in [5.41, 5.74) is 9.52. The molecular formula is C21H26N4O2. The average molecular weight is 366 g/mol. The third-order valence-electron chi connectivity index (χ3n) is 6.22. The molecule has 1 saturated heterocycles. The molecule has 6 nitrogen and oxygen atoms in total. The fraction of sp³-hybridized carbons (Fsp3) is 0.476. The molecule has 2 aromatic rings. The van der Waals surface area contributed by atoms with Crippen LogP contribution in [0.1, 0.15) is 59.4 Å². The summed E-state index contributed by atoms with van der Waals surface area (Å²) in [7, 11) is 0. The van der Waals surface area contributed by atoms with Crippen molar-refractivity contribution in [3.63, 3.8) is 0 Å². The number of fused-ring (bicyclic) bond motifs is 2. The lowest BCUT2D eigenvalue weighted by Gasteiger charge is -2.42. The van der Waals surface area contributed by atoms with Crippen molar-refractivity contribution in [3.8, 4) is 0 Å². The number of aryl methyl sites for hydroxylation is 1. The maximum absolute atomic E-state index is 13.0. The molecule has 3 N–H and O–H groups in total. The van der Waals surface area contributed by atoms with Crippen LogP contribution in [0, 0.1) is 0 Å². The molecule has 6 heteroatoms. The largest absolute Gasteiger partial charge is 0.390 e. The Labute approximate surface area is 159 Å². The van der Waals surface area contributed by atoms with Crippen LogP contribution in [-0.2, 0) is 11.8 Å². The maximum atomic E-state index is 13.0. The van der Waals surface area contributed by atoms with Crippen LogP contribution in [0.2, 0.25) is 0 Å². The lowest BCUT2D eigenvalue weighted by molar-refractivity contribution is 0.0261. The van der Waals surface area contributed by atoms with E-state index in [1.807, 2.05) is 23.1 Å². The number of piperidine rings is 1. The Morgan fingerprint density at radius 1 is 1.33 bits per heavy atom. The number of carbonyl (C=O) groups excluding carboxylic acids is 1. The van der Waals surface area contributed by atoms with E-state index < -0.39 is 6.10 Å². The average Bonchev–Trinajstić information content (AvgIpc) is 2.91. The van der Waals surface area contributed by atoms with Crippen molar-refractivity contribution in [2.75, 3.05) is 13.1 Å². The van der Waals surface area contributed by atoms with Gasteiger partial charge in [0.25, 0.3) is 5.91 Å². The highest BCUT2D eigenvalue weighted by molar-refractivity contribution is 5.95. The van der Waals surface area contributed by atoms with Gasteiger partial charge < -0.3 is 15.7 Å². The molecule has 4 rings (SSSR count). The van der Waals surface area contributed by atoms with Gasteiger partial charge in [0.15, 0.2) is 0 Å². The number of aliphatic hydroxyl groups excluding tert-OH is 1. The summed E-state index contributed by atoms with van der Waals surface area (Å²) in [4.78, 5) is 23.3. The normalized spacial score (nSPS) is 23.4. The fourth-order valence-corrected chi connectivity index (χ4v) is 4.73. The molecule has 0 radical (unpaired) electrons. The first kappa shape index (κ1) is 18.1. The Morgan fingerprint density at radius 3 is 2.81 bits per heavy atom. The van der Waals surface area contributed by atoms with Crippen molar-refractivity contribution in [1.82, 2.24) is 14.9 Å². The highest BCUT2D eigenvalue weighted by Crippen LogP contribution is 2.50. The number of carbonyl (C=O) groups is 1. The van der Waals surface area contributed by atoms with E-state index in [2.05, 4.69) is 23.0 Å². The second kappa shape index (κ2) is 7.02. The van der Waals surface area contributed by atoms with Gasteiger partial charge in [-0.3, -0.25) is 4.79 Å². The molecular weight excluding hydrogens is 340 g/mol. The van der Waals surface area contributed by atoms with Crippen molar-refractivity contribution >= 4 is 5.91 Å². The minimum absolute atomic E-state index is 0.0148. The van der Waals surface area contributed by atoms with E-state index in [4.69, 9.17) is 5.73 Å². The van der Waals surface area contributed by atoms with E-state index >= 15 is 0 Å². The Hall–Kier alpha value is -2.31. The van der Waals surface area contributed by atoms with Gasteiger partial charge in [0.1, 0.15) is 6.33 Å². The summed E-state index contributed by atoms with van der Waals surface area (Å²) >= 11 is 0. The zero-order valence-corrected chi connectivity index (χ0v) is 15.6. The minimum Gasteiger partial charge on any atom is -0.390 e. The highest BCUT2D eigenvalue weighted by Gasteiger charge is 2.51. The van der Waals surface area contributed by atoms with Crippen LogP contribution in [0.25, 0.3) is 0 Å². The van der Waals surface area contributed by atoms with Crippen LogP contribution in [0.15, 0.2) is 36.8 Å². The zero-order chi connectivity index (χ0) is 19.0. The molecule has 1 amide bonds. The first-order valence-corrected chi connectivity index (χ1v) is 9.69. The number of aromatic nitrogens is 2. The topological polar surface area (TPSA) is 92.3 Å². The minimum atomic E-state index is -0.608. The molecule has 1 aliphatic heterocycles. The van der Waals surface area contributed by atoms with E-state index in [0.29, 0.717) is 31.5 Å². The summed E-state index contributed by atoms with van der Waals surface area (Å²) in [6.07, 6.45) is 5.63. The number of benzene rings is 1. The molecule has 2 atom stereocenters. The summed E-state index contributed by atoms with van der Waals surface area (Å²) in [6.45, 7) is 3.26. The number of likely N-dealkylation sites (tertiary alicyclic amines) is 1. The Balaban J connectivity index is 1.56. The standard InChI is InChI=1S/C21H26N4O2/c1-2-5-17-15(12-23-13-24-17)20(27)25-10-8-21(9-11-25)16-7-4-3-6-14(16)18(22)19(21)26/h3-4,6-7,12-13,18-19,26H,2,5,8-11,22H2,1H3/t18-,19+/m1/s1. The number of hydrogen-bond donors (Lipinski definition) is 2. The number of aliphatic hydroxyl groups is 1. The van der Waals surface area contributed by atoms with E-state index in [1.165, 1.54) is 6.33 Å². The first-order valence-electron chi connectivity index (χ1n) is 9.69. The van der Waals surface area contributed by atoms with Gasteiger partial charge in [-0.2, -0.15) is 0 Å². The second-order valence-electron chi connectivity index (χ2n) is 7.64. The predicted molar refractivity (Wildman–Crippen MR) is 102 cm³/mol. The van der Waals surface area contributed by atoms with Gasteiger partial charge in [-0.25, -0.2) is 9.97 Å². The summed E-state index contributed by atoms with van der Waals surface area (Å²) in [5.74, 6) is -0.0148. The van der Waals surface area contributed by atoms with Crippen molar-refractivity contribution in [2.45, 2.75) is 50.2 Å². The SMILES string of the molecule is CCCc1ncncc1C(=O)N1CCC2(CC1)c1ccccc1[C@@H](N)[C@@H]2O. The van der Waals surface area contributed by atoms with E-state index in [-0.39, 0.29) is 17.4 Å². The molecule has 0 saturated carbocycles. The Morgan fingerprint density at radius 2 is 2.07 bits per heavy atom. The van der Waals surface area contributed by atoms with E-state index in [9.17, 15) is 9.90 Å². The second-order valence-corrected chi connectivity index (χ2v) is 7.64. The van der Waals surface area contributed by atoms with Gasteiger partial charge in [-0.05, 0) is 30.4 Å². The number of amides is 1. The Kier molecular flexibility index (Phi) is 4.70. The molecule has 142 valence electrons. The quantitative estimate of drug-likeness (QED) is 0.866. The van der Waals surface area contributed by atoms with Crippen molar-refractivity contribution in [1.29, 1.82) is 0 Å². The number of hydrogen-bond acceptors (Lipinski definition) is 5. The third kappa shape index (κ3) is 2.84. The van der Waals surface area contributed by atoms with Crippen LogP contribution < -0.4 is 5.73 Å². The molecule has 1 aromatic heterocycles. The van der Waals surface area contributed by atoms with Gasteiger partial charge in [0.05, 0.1) is 23.4 Å². The van der Waals surface area contributed by atoms with Crippen LogP contribution in [-0.4, -0.2) is 45.1 Å². The molecule has 0 unspecified atom stereocenters. The number of rotatable bonds is 3. The Bertz CT molecular complexity index is 846. The summed E-state index contributed by atoms with van der Waals surface area (Å²) < 4.78 is 0. The van der Waals surface area contributed by atoms with Crippen molar-refractivity contribution < 1.29 is 9.90 Å². The van der Waals surface area contributed by atoms with Gasteiger partial charge in [-0.1, -0.05) is 37.6 Å². The lowest BCUT2D eigenvalue weighted by atomic mass is 9.72. The van der Waals surface area contributed by atoms with Gasteiger partial charge in [-0.15, -0.1) is 0 Å². The molecule has 27 heavy (non-hydrogen) atoms. The van der Waals surface area contributed by atoms with Crippen molar-refractivity contribution in [3.05, 3.63) is 59.2 Å². The monoisotopic (exact) mass is 366 g/mol. The van der Waals surface area contributed by atoms with Crippen LogP contribution in [0.3, 0.4) is 0 Å². The summed E-state index contributed by atoms with van der Waals surface area (Å²) in [5, 5.41) is 10.9. The molecule has 1 fully saturated rings. The van der Waals surface area contributed by atoms with Crippen LogP contribution in [0.4, 0.5) is 0 Å². The molecule has 1 aliphatic carbocycles. The maximum Gasteiger partial charge on any atom is 0.257 e. The summed E-state index contributed by atoms with van der Waals surface area (Å²) in [6, 6.07) is 7.69. The third-order valence-corrected chi connectivity index (χ3v) is 6.22. The predicted octanol–water partition coefficient (Wildman–Crippen LogP) is 1.98. The van der Waals surface area contributed by atoms with Gasteiger partial charge in [0, 0.05) is 24.7 Å².